The van der Waals surface area contributed by atoms with Gasteiger partial charge in [0.2, 0.25) is 5.91 Å². The molecule has 0 spiro atoms. The van der Waals surface area contributed by atoms with Crippen LogP contribution in [-0.4, -0.2) is 16.6 Å². The maximum absolute atomic E-state index is 11.6. The van der Waals surface area contributed by atoms with Gasteiger partial charge < -0.3 is 0 Å². The first kappa shape index (κ1) is 12.8. The van der Waals surface area contributed by atoms with Gasteiger partial charge in [0.1, 0.15) is 0 Å². The van der Waals surface area contributed by atoms with Crippen LogP contribution >= 0.6 is 0 Å². The average Bonchev–Trinajstić information content (AvgIpc) is 2.57. The molecule has 3 nitrogen and oxygen atoms in total. The molecule has 1 aliphatic heterocycles. The van der Waals surface area contributed by atoms with E-state index in [1.54, 1.807) is 5.01 Å². The van der Waals surface area contributed by atoms with Crippen molar-refractivity contribution in [2.75, 3.05) is 0 Å². The van der Waals surface area contributed by atoms with Crippen LogP contribution in [0.4, 0.5) is 0 Å². The van der Waals surface area contributed by atoms with Gasteiger partial charge in [-0.15, -0.1) is 0 Å². The maximum Gasteiger partial charge on any atom is 0.248 e. The molecule has 0 N–H and O–H groups in total. The van der Waals surface area contributed by atoms with Crippen molar-refractivity contribution in [1.29, 1.82) is 0 Å². The second kappa shape index (κ2) is 4.56. The zero-order valence-electron chi connectivity index (χ0n) is 11.5. The van der Waals surface area contributed by atoms with E-state index in [4.69, 9.17) is 0 Å². The Morgan fingerprint density at radius 3 is 2.28 bits per heavy atom. The lowest BCUT2D eigenvalue weighted by atomic mass is 9.87. The molecule has 1 aromatic carbocycles. The molecule has 1 aromatic rings. The summed E-state index contributed by atoms with van der Waals surface area (Å²) in [7, 11) is 0. The first-order valence-electron chi connectivity index (χ1n) is 6.30. The number of benzene rings is 1. The fourth-order valence-electron chi connectivity index (χ4n) is 2.01. The summed E-state index contributed by atoms with van der Waals surface area (Å²) in [5, 5.41) is 5.79. The molecule has 18 heavy (non-hydrogen) atoms. The Kier molecular flexibility index (Phi) is 3.24. The highest BCUT2D eigenvalue weighted by atomic mass is 16.2. The van der Waals surface area contributed by atoms with Crippen LogP contribution in [0.25, 0.3) is 0 Å². The van der Waals surface area contributed by atoms with Gasteiger partial charge in [-0.25, -0.2) is 5.01 Å². The molecule has 1 aliphatic rings. The molecular weight excluding hydrogens is 224 g/mol. The minimum Gasteiger partial charge on any atom is -0.273 e. The van der Waals surface area contributed by atoms with Gasteiger partial charge in [-0.1, -0.05) is 45.0 Å². The van der Waals surface area contributed by atoms with Gasteiger partial charge in [0.05, 0.1) is 13.0 Å². The summed E-state index contributed by atoms with van der Waals surface area (Å²) in [5.41, 5.74) is 3.48. The Hall–Kier alpha value is -1.64. The number of nitrogens with zero attached hydrogens (tertiary/aromatic N) is 2. The zero-order valence-corrected chi connectivity index (χ0v) is 11.5. The lowest BCUT2D eigenvalue weighted by Gasteiger charge is -2.19. The highest BCUT2D eigenvalue weighted by molar-refractivity contribution is 6.03. The summed E-state index contributed by atoms with van der Waals surface area (Å²) >= 11 is 0. The van der Waals surface area contributed by atoms with Gasteiger partial charge in [0.25, 0.3) is 0 Å². The van der Waals surface area contributed by atoms with Crippen molar-refractivity contribution in [1.82, 2.24) is 5.01 Å². The molecular formula is C15H20N2O. The van der Waals surface area contributed by atoms with Crippen LogP contribution in [0.5, 0.6) is 0 Å². The second-order valence-corrected chi connectivity index (χ2v) is 5.91. The van der Waals surface area contributed by atoms with Gasteiger partial charge in [0, 0.05) is 5.71 Å². The van der Waals surface area contributed by atoms with E-state index in [1.165, 1.54) is 5.56 Å². The summed E-state index contributed by atoms with van der Waals surface area (Å²) in [5.74, 6) is 0.0902. The Balaban J connectivity index is 2.10. The van der Waals surface area contributed by atoms with Crippen molar-refractivity contribution in [2.24, 2.45) is 5.10 Å². The molecule has 1 amide bonds. The third kappa shape index (κ3) is 2.78. The zero-order chi connectivity index (χ0) is 13.3. The third-order valence-corrected chi connectivity index (χ3v) is 3.14. The van der Waals surface area contributed by atoms with Crippen LogP contribution in [-0.2, 0) is 16.8 Å². The summed E-state index contributed by atoms with van der Waals surface area (Å²) < 4.78 is 0. The molecule has 0 aliphatic carbocycles. The molecule has 2 rings (SSSR count). The number of amides is 1. The molecule has 0 radical (unpaired) electrons. The highest BCUT2D eigenvalue weighted by Crippen LogP contribution is 2.23. The molecule has 1 heterocycles. The summed E-state index contributed by atoms with van der Waals surface area (Å²) in [6.45, 7) is 9.04. The van der Waals surface area contributed by atoms with Gasteiger partial charge in [0.15, 0.2) is 0 Å². The normalized spacial score (nSPS) is 16.1. The fourth-order valence-corrected chi connectivity index (χ4v) is 2.01. The number of carbonyl (C=O) groups is 1. The summed E-state index contributed by atoms with van der Waals surface area (Å²) in [6.07, 6.45) is 0.458. The van der Waals surface area contributed by atoms with Crippen LogP contribution in [0.2, 0.25) is 0 Å². The van der Waals surface area contributed by atoms with Crippen molar-refractivity contribution >= 4 is 11.6 Å². The molecule has 0 atom stereocenters. The Labute approximate surface area is 108 Å². The Morgan fingerprint density at radius 2 is 1.83 bits per heavy atom. The van der Waals surface area contributed by atoms with Crippen LogP contribution in [0, 0.1) is 0 Å². The maximum atomic E-state index is 11.6. The highest BCUT2D eigenvalue weighted by Gasteiger charge is 2.21. The van der Waals surface area contributed by atoms with Crippen molar-refractivity contribution < 1.29 is 4.79 Å². The van der Waals surface area contributed by atoms with Crippen LogP contribution in [0.1, 0.15) is 45.2 Å². The van der Waals surface area contributed by atoms with Crippen molar-refractivity contribution in [3.63, 3.8) is 0 Å². The number of carbonyl (C=O) groups excluding carboxylic acids is 1. The number of hydrazone groups is 1. The van der Waals surface area contributed by atoms with Crippen molar-refractivity contribution in [2.45, 2.75) is 46.1 Å². The molecule has 0 fully saturated rings. The topological polar surface area (TPSA) is 32.7 Å². The average molecular weight is 244 g/mol. The number of rotatable bonds is 2. The van der Waals surface area contributed by atoms with Crippen LogP contribution < -0.4 is 0 Å². The van der Waals surface area contributed by atoms with E-state index < -0.39 is 0 Å². The molecule has 0 bridgehead atoms. The van der Waals surface area contributed by atoms with Gasteiger partial charge >= 0.3 is 0 Å². The number of hydrogen-bond donors (Lipinski definition) is 0. The van der Waals surface area contributed by atoms with E-state index in [0.717, 1.165) is 11.3 Å². The minimum atomic E-state index is 0.0902. The molecule has 0 unspecified atom stereocenters. The quantitative estimate of drug-likeness (QED) is 0.786. The molecule has 0 aromatic heterocycles. The monoisotopic (exact) mass is 244 g/mol. The van der Waals surface area contributed by atoms with E-state index in [-0.39, 0.29) is 11.3 Å². The first-order chi connectivity index (χ1) is 8.36. The van der Waals surface area contributed by atoms with E-state index >= 15 is 0 Å². The summed E-state index contributed by atoms with van der Waals surface area (Å²) in [6, 6.07) is 8.42. The van der Waals surface area contributed by atoms with Gasteiger partial charge in [-0.2, -0.15) is 5.10 Å². The Morgan fingerprint density at radius 1 is 1.22 bits per heavy atom. The van der Waals surface area contributed by atoms with Crippen LogP contribution in [0.15, 0.2) is 29.4 Å². The Bertz CT molecular complexity index is 480. The smallest absolute Gasteiger partial charge is 0.248 e. The van der Waals surface area contributed by atoms with E-state index in [0.29, 0.717) is 13.0 Å². The van der Waals surface area contributed by atoms with Gasteiger partial charge in [-0.05, 0) is 23.5 Å². The van der Waals surface area contributed by atoms with Gasteiger partial charge in [-0.3, -0.25) is 4.79 Å². The van der Waals surface area contributed by atoms with E-state index in [2.05, 4.69) is 50.1 Å². The van der Waals surface area contributed by atoms with E-state index in [1.807, 2.05) is 6.92 Å². The standard InChI is InChI=1S/C15H20N2O/c1-11-9-14(18)17(16-11)10-12-5-7-13(8-6-12)15(2,3)4/h5-8H,9-10H2,1-4H3. The SMILES string of the molecule is CC1=NN(Cc2ccc(C(C)(C)C)cc2)C(=O)C1. The second-order valence-electron chi connectivity index (χ2n) is 5.91. The lowest BCUT2D eigenvalue weighted by molar-refractivity contribution is -0.129. The minimum absolute atomic E-state index is 0.0902. The largest absolute Gasteiger partial charge is 0.273 e. The van der Waals surface area contributed by atoms with Crippen molar-refractivity contribution in [3.05, 3.63) is 35.4 Å². The third-order valence-electron chi connectivity index (χ3n) is 3.14. The predicted octanol–water partition coefficient (Wildman–Crippen LogP) is 3.09. The molecule has 0 saturated heterocycles. The fraction of sp³-hybridized carbons (Fsp3) is 0.467. The summed E-state index contributed by atoms with van der Waals surface area (Å²) in [4.78, 5) is 11.6. The van der Waals surface area contributed by atoms with Crippen molar-refractivity contribution in [3.8, 4) is 0 Å². The molecule has 0 saturated carbocycles. The van der Waals surface area contributed by atoms with E-state index in [9.17, 15) is 4.79 Å². The van der Waals surface area contributed by atoms with Crippen LogP contribution in [0.3, 0.4) is 0 Å². The predicted molar refractivity (Wildman–Crippen MR) is 73.4 cm³/mol. The molecule has 96 valence electrons. The first-order valence-corrected chi connectivity index (χ1v) is 6.30. The lowest BCUT2D eigenvalue weighted by Crippen LogP contribution is -2.20. The molecule has 3 heteroatoms. The number of hydrogen-bond acceptors (Lipinski definition) is 2.